The number of carbonyl (C=O) groups excluding carboxylic acids is 1. The predicted molar refractivity (Wildman–Crippen MR) is 87.8 cm³/mol. The second-order valence-electron chi connectivity index (χ2n) is 7.52. The molecule has 1 amide bonds. The molecule has 4 heteroatoms. The first-order valence-corrected chi connectivity index (χ1v) is 9.31. The molecule has 4 nitrogen and oxygen atoms in total. The van der Waals surface area contributed by atoms with Crippen molar-refractivity contribution in [3.63, 3.8) is 0 Å². The maximum Gasteiger partial charge on any atom is 0.251 e. The van der Waals surface area contributed by atoms with Crippen LogP contribution in [0.3, 0.4) is 0 Å². The number of ether oxygens (including phenoxy) is 1. The van der Waals surface area contributed by atoms with E-state index in [0.29, 0.717) is 18.2 Å². The van der Waals surface area contributed by atoms with E-state index >= 15 is 0 Å². The summed E-state index contributed by atoms with van der Waals surface area (Å²) in [5, 5.41) is 0. The van der Waals surface area contributed by atoms with Crippen LogP contribution in [0.5, 0.6) is 0 Å². The van der Waals surface area contributed by atoms with E-state index in [4.69, 9.17) is 4.74 Å². The van der Waals surface area contributed by atoms with Crippen LogP contribution in [0.15, 0.2) is 0 Å². The van der Waals surface area contributed by atoms with E-state index in [9.17, 15) is 4.79 Å². The number of fused-ring (bicyclic) bond motifs is 2. The SMILES string of the molecule is CC(OC1CCCCCC1)C(=O)N1CCC2CCC(C1)N2C. The van der Waals surface area contributed by atoms with Gasteiger partial charge in [0.1, 0.15) is 6.10 Å². The topological polar surface area (TPSA) is 32.8 Å². The zero-order valence-corrected chi connectivity index (χ0v) is 14.3. The second-order valence-corrected chi connectivity index (χ2v) is 7.52. The van der Waals surface area contributed by atoms with E-state index in [0.717, 1.165) is 32.4 Å². The lowest BCUT2D eigenvalue weighted by atomic mass is 10.1. The quantitative estimate of drug-likeness (QED) is 0.752. The molecule has 3 rings (SSSR count). The molecule has 2 bridgehead atoms. The van der Waals surface area contributed by atoms with Gasteiger partial charge < -0.3 is 9.64 Å². The maximum atomic E-state index is 12.8. The molecular formula is C18H32N2O2. The minimum absolute atomic E-state index is 0.213. The van der Waals surface area contributed by atoms with E-state index in [1.165, 1.54) is 38.5 Å². The van der Waals surface area contributed by atoms with Crippen molar-refractivity contribution in [2.45, 2.75) is 89.0 Å². The van der Waals surface area contributed by atoms with Crippen LogP contribution in [-0.2, 0) is 9.53 Å². The molecule has 2 saturated heterocycles. The molecule has 0 aromatic heterocycles. The van der Waals surface area contributed by atoms with Gasteiger partial charge in [-0.05, 0) is 46.1 Å². The fourth-order valence-corrected chi connectivity index (χ4v) is 4.49. The first-order valence-electron chi connectivity index (χ1n) is 9.31. The summed E-state index contributed by atoms with van der Waals surface area (Å²) in [6, 6.07) is 1.24. The summed E-state index contributed by atoms with van der Waals surface area (Å²) in [5.41, 5.74) is 0. The third kappa shape index (κ3) is 3.65. The Morgan fingerprint density at radius 1 is 1.00 bits per heavy atom. The number of amides is 1. The molecule has 1 aliphatic carbocycles. The normalized spacial score (nSPS) is 32.5. The van der Waals surface area contributed by atoms with Gasteiger partial charge >= 0.3 is 0 Å². The Balaban J connectivity index is 1.53. The van der Waals surface area contributed by atoms with E-state index in [-0.39, 0.29) is 12.0 Å². The Morgan fingerprint density at radius 2 is 1.68 bits per heavy atom. The van der Waals surface area contributed by atoms with E-state index < -0.39 is 0 Å². The lowest BCUT2D eigenvalue weighted by molar-refractivity contribution is -0.147. The van der Waals surface area contributed by atoms with Gasteiger partial charge in [-0.15, -0.1) is 0 Å². The lowest BCUT2D eigenvalue weighted by Gasteiger charge is -2.29. The van der Waals surface area contributed by atoms with E-state index in [2.05, 4.69) is 16.8 Å². The Hall–Kier alpha value is -0.610. The third-order valence-corrected chi connectivity index (χ3v) is 6.01. The van der Waals surface area contributed by atoms with Gasteiger partial charge in [0.2, 0.25) is 0 Å². The highest BCUT2D eigenvalue weighted by Gasteiger charge is 2.37. The summed E-state index contributed by atoms with van der Waals surface area (Å²) in [4.78, 5) is 17.3. The molecule has 1 saturated carbocycles. The smallest absolute Gasteiger partial charge is 0.251 e. The van der Waals surface area contributed by atoms with Crippen molar-refractivity contribution < 1.29 is 9.53 Å². The van der Waals surface area contributed by atoms with Crippen molar-refractivity contribution in [3.05, 3.63) is 0 Å². The van der Waals surface area contributed by atoms with E-state index in [1.54, 1.807) is 0 Å². The Bertz CT molecular complexity index is 379. The Morgan fingerprint density at radius 3 is 2.41 bits per heavy atom. The van der Waals surface area contributed by atoms with Crippen molar-refractivity contribution in [2.24, 2.45) is 0 Å². The van der Waals surface area contributed by atoms with Crippen LogP contribution in [0.4, 0.5) is 0 Å². The number of rotatable bonds is 3. The number of hydrogen-bond donors (Lipinski definition) is 0. The van der Waals surface area contributed by atoms with Crippen molar-refractivity contribution in [2.75, 3.05) is 20.1 Å². The highest BCUT2D eigenvalue weighted by molar-refractivity contribution is 5.80. The Labute approximate surface area is 135 Å². The highest BCUT2D eigenvalue weighted by Crippen LogP contribution is 2.29. The molecule has 3 atom stereocenters. The lowest BCUT2D eigenvalue weighted by Crippen LogP contribution is -2.45. The molecule has 0 aromatic rings. The monoisotopic (exact) mass is 308 g/mol. The zero-order valence-electron chi connectivity index (χ0n) is 14.3. The molecule has 3 aliphatic rings. The van der Waals surface area contributed by atoms with Crippen LogP contribution in [0.1, 0.15) is 64.7 Å². The summed E-state index contributed by atoms with van der Waals surface area (Å²) in [6.45, 7) is 3.76. The number of likely N-dealkylation sites (tertiary alicyclic amines) is 1. The van der Waals surface area contributed by atoms with Crippen molar-refractivity contribution in [3.8, 4) is 0 Å². The summed E-state index contributed by atoms with van der Waals surface area (Å²) >= 11 is 0. The molecule has 22 heavy (non-hydrogen) atoms. The highest BCUT2D eigenvalue weighted by atomic mass is 16.5. The number of nitrogens with zero attached hydrogens (tertiary/aromatic N) is 2. The van der Waals surface area contributed by atoms with Gasteiger partial charge in [0, 0.05) is 25.2 Å². The van der Waals surface area contributed by atoms with Crippen LogP contribution in [0, 0.1) is 0 Å². The van der Waals surface area contributed by atoms with Gasteiger partial charge in [-0.1, -0.05) is 25.7 Å². The average Bonchev–Trinajstić information content (AvgIpc) is 2.68. The summed E-state index contributed by atoms with van der Waals surface area (Å²) in [5.74, 6) is 0.213. The van der Waals surface area contributed by atoms with Crippen molar-refractivity contribution in [1.82, 2.24) is 9.80 Å². The molecular weight excluding hydrogens is 276 g/mol. The molecule has 2 aliphatic heterocycles. The number of carbonyl (C=O) groups is 1. The zero-order chi connectivity index (χ0) is 15.5. The third-order valence-electron chi connectivity index (χ3n) is 6.01. The largest absolute Gasteiger partial charge is 0.365 e. The molecule has 0 radical (unpaired) electrons. The van der Waals surface area contributed by atoms with Gasteiger partial charge in [0.15, 0.2) is 0 Å². The number of hydrogen-bond acceptors (Lipinski definition) is 3. The van der Waals surface area contributed by atoms with Gasteiger partial charge in [-0.25, -0.2) is 0 Å². The fraction of sp³-hybridized carbons (Fsp3) is 0.944. The first kappa shape index (κ1) is 16.3. The summed E-state index contributed by atoms with van der Waals surface area (Å²) < 4.78 is 6.13. The van der Waals surface area contributed by atoms with Gasteiger partial charge in [0.25, 0.3) is 5.91 Å². The van der Waals surface area contributed by atoms with Crippen LogP contribution < -0.4 is 0 Å². The minimum atomic E-state index is -0.273. The molecule has 3 unspecified atom stereocenters. The minimum Gasteiger partial charge on any atom is -0.365 e. The van der Waals surface area contributed by atoms with Gasteiger partial charge in [-0.3, -0.25) is 9.69 Å². The molecule has 3 fully saturated rings. The fourth-order valence-electron chi connectivity index (χ4n) is 4.49. The standard InChI is InChI=1S/C18H32N2O2/c1-14(22-17-7-5-3-4-6-8-17)18(21)20-12-11-15-9-10-16(13-20)19(15)2/h14-17H,3-13H2,1-2H3. The molecule has 126 valence electrons. The Kier molecular flexibility index (Phi) is 5.40. The van der Waals surface area contributed by atoms with Crippen LogP contribution in [0.25, 0.3) is 0 Å². The molecule has 0 N–H and O–H groups in total. The van der Waals surface area contributed by atoms with Crippen molar-refractivity contribution >= 4 is 5.91 Å². The molecule has 0 aromatic carbocycles. The summed E-state index contributed by atoms with van der Waals surface area (Å²) in [6.07, 6.45) is 11.1. The van der Waals surface area contributed by atoms with Gasteiger partial charge in [0.05, 0.1) is 6.10 Å². The van der Waals surface area contributed by atoms with Crippen LogP contribution in [0.2, 0.25) is 0 Å². The molecule has 2 heterocycles. The second kappa shape index (κ2) is 7.31. The van der Waals surface area contributed by atoms with Gasteiger partial charge in [-0.2, -0.15) is 0 Å². The molecule has 0 spiro atoms. The predicted octanol–water partition coefficient (Wildman–Crippen LogP) is 2.81. The summed E-state index contributed by atoms with van der Waals surface area (Å²) in [7, 11) is 2.22. The first-order chi connectivity index (χ1) is 10.6. The average molecular weight is 308 g/mol. The maximum absolute atomic E-state index is 12.8. The van der Waals surface area contributed by atoms with Crippen molar-refractivity contribution in [1.29, 1.82) is 0 Å². The number of likely N-dealkylation sites (N-methyl/N-ethyl adjacent to an activating group) is 1. The van der Waals surface area contributed by atoms with Crippen LogP contribution >= 0.6 is 0 Å². The van der Waals surface area contributed by atoms with Crippen LogP contribution in [-0.4, -0.2) is 60.1 Å². The van der Waals surface area contributed by atoms with E-state index in [1.807, 2.05) is 6.92 Å².